The highest BCUT2D eigenvalue weighted by Gasteiger charge is 2.31. The molecular formula is C29H36F3N3O5. The van der Waals surface area contributed by atoms with Gasteiger partial charge in [-0.25, -0.2) is 4.79 Å². The van der Waals surface area contributed by atoms with Crippen molar-refractivity contribution in [1.82, 2.24) is 10.2 Å². The van der Waals surface area contributed by atoms with Crippen molar-refractivity contribution in [3.8, 4) is 5.75 Å². The van der Waals surface area contributed by atoms with Crippen LogP contribution in [0.5, 0.6) is 5.75 Å². The molecule has 2 aromatic carbocycles. The van der Waals surface area contributed by atoms with Gasteiger partial charge in [-0.05, 0) is 85.9 Å². The Morgan fingerprint density at radius 3 is 2.17 bits per heavy atom. The number of carboxylic acids is 1. The molecule has 0 aliphatic heterocycles. The fourth-order valence-electron chi connectivity index (χ4n) is 5.00. The molecule has 3 N–H and O–H groups in total. The minimum Gasteiger partial charge on any atom is -0.481 e. The van der Waals surface area contributed by atoms with Gasteiger partial charge in [-0.3, -0.25) is 9.59 Å². The van der Waals surface area contributed by atoms with E-state index < -0.39 is 12.3 Å². The molecule has 3 amide bonds. The van der Waals surface area contributed by atoms with Crippen molar-refractivity contribution >= 4 is 23.6 Å². The largest absolute Gasteiger partial charge is 0.573 e. The summed E-state index contributed by atoms with van der Waals surface area (Å²) < 4.78 is 41.3. The third-order valence-corrected chi connectivity index (χ3v) is 6.86. The molecule has 0 saturated heterocycles. The number of nitrogens with zero attached hydrogens (tertiary/aromatic N) is 1. The van der Waals surface area contributed by atoms with Gasteiger partial charge in [0.05, 0.1) is 6.42 Å². The first kappa shape index (κ1) is 30.8. The van der Waals surface area contributed by atoms with E-state index in [0.717, 1.165) is 49.8 Å². The van der Waals surface area contributed by atoms with Gasteiger partial charge in [-0.2, -0.15) is 0 Å². The average molecular weight is 564 g/mol. The van der Waals surface area contributed by atoms with E-state index in [1.54, 1.807) is 29.2 Å². The Morgan fingerprint density at radius 2 is 1.62 bits per heavy atom. The lowest BCUT2D eigenvalue weighted by molar-refractivity contribution is -0.274. The third kappa shape index (κ3) is 10.1. The molecule has 8 nitrogen and oxygen atoms in total. The smallest absolute Gasteiger partial charge is 0.481 e. The molecule has 1 fully saturated rings. The highest BCUT2D eigenvalue weighted by molar-refractivity contribution is 5.94. The fourth-order valence-corrected chi connectivity index (χ4v) is 5.00. The van der Waals surface area contributed by atoms with E-state index in [2.05, 4.69) is 29.2 Å². The van der Waals surface area contributed by atoms with Crippen LogP contribution in [0.25, 0.3) is 0 Å². The van der Waals surface area contributed by atoms with E-state index in [9.17, 15) is 27.6 Å². The van der Waals surface area contributed by atoms with Crippen LogP contribution < -0.4 is 15.4 Å². The average Bonchev–Trinajstić information content (AvgIpc) is 2.88. The van der Waals surface area contributed by atoms with Crippen LogP contribution in [0.2, 0.25) is 0 Å². The first-order valence-corrected chi connectivity index (χ1v) is 13.4. The van der Waals surface area contributed by atoms with Crippen LogP contribution in [0.1, 0.15) is 68.3 Å². The Kier molecular flexibility index (Phi) is 10.8. The maximum absolute atomic E-state index is 13.4. The first-order valence-electron chi connectivity index (χ1n) is 13.4. The molecule has 1 aliphatic rings. The lowest BCUT2D eigenvalue weighted by Gasteiger charge is -2.37. The number of hydrogen-bond donors (Lipinski definition) is 3. The predicted octanol–water partition coefficient (Wildman–Crippen LogP) is 6.43. The number of aliphatic carboxylic acids is 1. The van der Waals surface area contributed by atoms with E-state index in [0.29, 0.717) is 23.1 Å². The lowest BCUT2D eigenvalue weighted by Crippen LogP contribution is -2.44. The van der Waals surface area contributed by atoms with Crippen molar-refractivity contribution in [2.75, 3.05) is 11.9 Å². The number of hydrogen-bond acceptors (Lipinski definition) is 4. The van der Waals surface area contributed by atoms with Gasteiger partial charge in [0.25, 0.3) is 5.91 Å². The minimum absolute atomic E-state index is 0.0183. The summed E-state index contributed by atoms with van der Waals surface area (Å²) in [6, 6.07) is 11.4. The summed E-state index contributed by atoms with van der Waals surface area (Å²) in [5, 5.41) is 14.1. The van der Waals surface area contributed by atoms with Gasteiger partial charge >= 0.3 is 18.4 Å². The van der Waals surface area contributed by atoms with E-state index in [4.69, 9.17) is 5.11 Å². The Labute approximate surface area is 231 Å². The second-order valence-corrected chi connectivity index (χ2v) is 10.5. The number of ether oxygens (including phenoxy) is 1. The number of urea groups is 1. The number of halogens is 3. The SMILES string of the molecule is CC(C)CC1CCC(N(Cc2ccc(C(=O)NCCC(=O)O)cc2)C(=O)Nc2ccc(OC(F)(F)F)cc2)CC1. The van der Waals surface area contributed by atoms with Crippen LogP contribution in [0.4, 0.5) is 23.7 Å². The van der Waals surface area contributed by atoms with Crippen molar-refractivity contribution in [2.24, 2.45) is 11.8 Å². The molecule has 0 heterocycles. The third-order valence-electron chi connectivity index (χ3n) is 6.86. The predicted molar refractivity (Wildman–Crippen MR) is 144 cm³/mol. The van der Waals surface area contributed by atoms with E-state index >= 15 is 0 Å². The molecule has 0 aromatic heterocycles. The summed E-state index contributed by atoms with van der Waals surface area (Å²) in [6.45, 7) is 4.70. The molecule has 2 aromatic rings. The number of amides is 3. The minimum atomic E-state index is -4.80. The van der Waals surface area contributed by atoms with Crippen LogP contribution in [0.3, 0.4) is 0 Å². The molecule has 11 heteroatoms. The monoisotopic (exact) mass is 563 g/mol. The highest BCUT2D eigenvalue weighted by Crippen LogP contribution is 2.33. The van der Waals surface area contributed by atoms with Crippen LogP contribution in [-0.2, 0) is 11.3 Å². The summed E-state index contributed by atoms with van der Waals surface area (Å²) >= 11 is 0. The van der Waals surface area contributed by atoms with Crippen LogP contribution >= 0.6 is 0 Å². The van der Waals surface area contributed by atoms with E-state index in [-0.39, 0.29) is 43.2 Å². The van der Waals surface area contributed by atoms with Gasteiger partial charge in [-0.15, -0.1) is 13.2 Å². The van der Waals surface area contributed by atoms with Gasteiger partial charge in [0.15, 0.2) is 0 Å². The number of rotatable bonds is 11. The molecular weight excluding hydrogens is 527 g/mol. The molecule has 0 unspecified atom stereocenters. The van der Waals surface area contributed by atoms with Gasteiger partial charge in [-0.1, -0.05) is 26.0 Å². The van der Waals surface area contributed by atoms with Crippen LogP contribution in [0.15, 0.2) is 48.5 Å². The summed E-state index contributed by atoms with van der Waals surface area (Å²) in [7, 11) is 0. The maximum atomic E-state index is 13.4. The van der Waals surface area contributed by atoms with Crippen LogP contribution in [-0.4, -0.2) is 46.9 Å². The van der Waals surface area contributed by atoms with Crippen molar-refractivity contribution in [2.45, 2.75) is 71.3 Å². The first-order chi connectivity index (χ1) is 18.9. The normalized spacial score (nSPS) is 17.2. The standard InChI is InChI=1S/C29H36F3N3O5/c1-19(2)17-20-5-11-24(12-6-20)35(28(39)34-23-9-13-25(14-10-23)40-29(30,31)32)18-21-3-7-22(8-4-21)27(38)33-16-15-26(36)37/h3-4,7-10,13-14,19-20,24H,5-6,11-12,15-18H2,1-2H3,(H,33,38)(H,34,39)(H,36,37). The lowest BCUT2D eigenvalue weighted by atomic mass is 9.81. The van der Waals surface area contributed by atoms with Gasteiger partial charge < -0.3 is 25.4 Å². The molecule has 3 rings (SSSR count). The number of carbonyl (C=O) groups excluding carboxylic acids is 2. The van der Waals surface area contributed by atoms with Crippen molar-refractivity contribution in [3.63, 3.8) is 0 Å². The number of nitrogens with one attached hydrogen (secondary N) is 2. The van der Waals surface area contributed by atoms with E-state index in [1.807, 2.05) is 0 Å². The van der Waals surface area contributed by atoms with Crippen LogP contribution in [0, 0.1) is 11.8 Å². The Hall–Kier alpha value is -3.76. The number of benzene rings is 2. The second-order valence-electron chi connectivity index (χ2n) is 10.5. The van der Waals surface area contributed by atoms with Gasteiger partial charge in [0, 0.05) is 30.4 Å². The Balaban J connectivity index is 1.70. The maximum Gasteiger partial charge on any atom is 0.573 e. The number of carboxylic acid groups (broad SMARTS) is 1. The molecule has 0 spiro atoms. The molecule has 0 bridgehead atoms. The zero-order valence-electron chi connectivity index (χ0n) is 22.7. The summed E-state index contributed by atoms with van der Waals surface area (Å²) in [5.74, 6) is -0.550. The quantitative estimate of drug-likeness (QED) is 0.292. The van der Waals surface area contributed by atoms with Gasteiger partial charge in [0.2, 0.25) is 0 Å². The number of anilines is 1. The van der Waals surface area contributed by atoms with E-state index in [1.165, 1.54) is 12.1 Å². The Morgan fingerprint density at radius 1 is 1.00 bits per heavy atom. The fraction of sp³-hybridized carbons (Fsp3) is 0.483. The summed E-state index contributed by atoms with van der Waals surface area (Å²) in [4.78, 5) is 38.1. The summed E-state index contributed by atoms with van der Waals surface area (Å²) in [6.07, 6.45) is -0.144. The Bertz CT molecular complexity index is 1130. The zero-order valence-corrected chi connectivity index (χ0v) is 22.7. The zero-order chi connectivity index (χ0) is 29.3. The molecule has 1 aliphatic carbocycles. The summed E-state index contributed by atoms with van der Waals surface area (Å²) in [5.41, 5.74) is 1.52. The van der Waals surface area contributed by atoms with Crippen molar-refractivity contribution in [1.29, 1.82) is 0 Å². The number of alkyl halides is 3. The molecule has 0 radical (unpaired) electrons. The topological polar surface area (TPSA) is 108 Å². The van der Waals surface area contributed by atoms with Crippen molar-refractivity contribution < 1.29 is 37.4 Å². The second kappa shape index (κ2) is 14.0. The van der Waals surface area contributed by atoms with Gasteiger partial charge in [0.1, 0.15) is 5.75 Å². The number of carbonyl (C=O) groups is 3. The molecule has 1 saturated carbocycles. The highest BCUT2D eigenvalue weighted by atomic mass is 19.4. The van der Waals surface area contributed by atoms with Crippen molar-refractivity contribution in [3.05, 3.63) is 59.7 Å². The molecule has 40 heavy (non-hydrogen) atoms. The molecule has 218 valence electrons. The molecule has 0 atom stereocenters.